The number of carbonyl (C=O) groups excluding carboxylic acids is 1. The molecule has 0 N–H and O–H groups in total. The van der Waals surface area contributed by atoms with Gasteiger partial charge in [0.05, 0.1) is 20.8 Å². The van der Waals surface area contributed by atoms with Gasteiger partial charge in [-0.25, -0.2) is 9.79 Å². The van der Waals surface area contributed by atoms with E-state index >= 15 is 0 Å². The predicted octanol–water partition coefficient (Wildman–Crippen LogP) is 3.45. The molecule has 26 heavy (non-hydrogen) atoms. The van der Waals surface area contributed by atoms with Gasteiger partial charge >= 0.3 is 5.97 Å². The van der Waals surface area contributed by atoms with Crippen molar-refractivity contribution in [2.75, 3.05) is 20.8 Å². The molecule has 0 atom stereocenters. The molecular weight excluding hydrogens is 334 g/mol. The molecule has 6 nitrogen and oxygen atoms in total. The van der Waals surface area contributed by atoms with Crippen LogP contribution in [0.15, 0.2) is 53.2 Å². The number of methoxy groups -OCH3 is 2. The zero-order chi connectivity index (χ0) is 18.5. The fourth-order valence-electron chi connectivity index (χ4n) is 2.50. The predicted molar refractivity (Wildman–Crippen MR) is 97.8 cm³/mol. The van der Waals surface area contributed by atoms with Crippen molar-refractivity contribution in [2.45, 2.75) is 6.92 Å². The number of ether oxygens (including phenoxy) is 4. The Morgan fingerprint density at radius 3 is 2.65 bits per heavy atom. The van der Waals surface area contributed by atoms with Crippen LogP contribution in [0.3, 0.4) is 0 Å². The molecule has 6 heteroatoms. The number of benzene rings is 2. The molecule has 0 bridgehead atoms. The standard InChI is InChI=1S/C20H19NO5/c1-4-25-18-11-13(8-9-17(18)24-3)10-16-20(22)26-19(21-16)14-6-5-7-15(12-14)23-2/h5-12H,4H2,1-3H3/b16-10-. The second-order valence-corrected chi connectivity index (χ2v) is 5.41. The number of rotatable bonds is 6. The van der Waals surface area contributed by atoms with Gasteiger partial charge in [-0.2, -0.15) is 0 Å². The Labute approximate surface area is 151 Å². The van der Waals surface area contributed by atoms with Crippen molar-refractivity contribution in [1.29, 1.82) is 0 Å². The molecule has 134 valence electrons. The topological polar surface area (TPSA) is 66.3 Å². The van der Waals surface area contributed by atoms with Crippen molar-refractivity contribution in [1.82, 2.24) is 0 Å². The maximum absolute atomic E-state index is 12.2. The van der Waals surface area contributed by atoms with E-state index in [2.05, 4.69) is 4.99 Å². The number of carbonyl (C=O) groups is 1. The molecule has 3 rings (SSSR count). The van der Waals surface area contributed by atoms with E-state index in [1.165, 1.54) is 0 Å². The van der Waals surface area contributed by atoms with Crippen LogP contribution in [-0.2, 0) is 9.53 Å². The lowest BCUT2D eigenvalue weighted by Gasteiger charge is -2.09. The number of nitrogens with zero attached hydrogens (tertiary/aromatic N) is 1. The number of hydrogen-bond acceptors (Lipinski definition) is 6. The van der Waals surface area contributed by atoms with E-state index in [0.29, 0.717) is 29.4 Å². The van der Waals surface area contributed by atoms with Gasteiger partial charge in [-0.15, -0.1) is 0 Å². The highest BCUT2D eigenvalue weighted by molar-refractivity contribution is 6.13. The Morgan fingerprint density at radius 1 is 1.08 bits per heavy atom. The summed E-state index contributed by atoms with van der Waals surface area (Å²) in [5.41, 5.74) is 1.65. The largest absolute Gasteiger partial charge is 0.497 e. The summed E-state index contributed by atoms with van der Waals surface area (Å²) < 4.78 is 21.3. The van der Waals surface area contributed by atoms with Crippen LogP contribution in [0, 0.1) is 0 Å². The Kier molecular flexibility index (Phi) is 5.22. The number of cyclic esters (lactones) is 1. The maximum Gasteiger partial charge on any atom is 0.363 e. The molecule has 1 aliphatic heterocycles. The third-order valence-electron chi connectivity index (χ3n) is 3.73. The van der Waals surface area contributed by atoms with Gasteiger partial charge in [0.2, 0.25) is 5.90 Å². The summed E-state index contributed by atoms with van der Waals surface area (Å²) in [5.74, 6) is 1.64. The Bertz CT molecular complexity index is 886. The fraction of sp³-hybridized carbons (Fsp3) is 0.200. The molecule has 2 aromatic carbocycles. The second-order valence-electron chi connectivity index (χ2n) is 5.41. The summed E-state index contributed by atoms with van der Waals surface area (Å²) in [7, 11) is 3.15. The van der Waals surface area contributed by atoms with E-state index in [4.69, 9.17) is 18.9 Å². The average Bonchev–Trinajstić information content (AvgIpc) is 3.03. The van der Waals surface area contributed by atoms with Gasteiger partial charge in [0.25, 0.3) is 0 Å². The Balaban J connectivity index is 1.92. The monoisotopic (exact) mass is 353 g/mol. The van der Waals surface area contributed by atoms with Crippen LogP contribution in [0.2, 0.25) is 0 Å². The van der Waals surface area contributed by atoms with Gasteiger partial charge in [0.1, 0.15) is 5.75 Å². The quantitative estimate of drug-likeness (QED) is 0.588. The van der Waals surface area contributed by atoms with Gasteiger partial charge in [0, 0.05) is 5.56 Å². The van der Waals surface area contributed by atoms with E-state index in [-0.39, 0.29) is 11.6 Å². The molecule has 0 fully saturated rings. The molecule has 0 saturated carbocycles. The minimum Gasteiger partial charge on any atom is -0.497 e. The molecule has 0 aliphatic carbocycles. The summed E-state index contributed by atoms with van der Waals surface area (Å²) in [6, 6.07) is 12.6. The van der Waals surface area contributed by atoms with Crippen LogP contribution < -0.4 is 14.2 Å². The highest BCUT2D eigenvalue weighted by Crippen LogP contribution is 2.30. The minimum atomic E-state index is -0.503. The van der Waals surface area contributed by atoms with Crippen molar-refractivity contribution < 1.29 is 23.7 Å². The lowest BCUT2D eigenvalue weighted by molar-refractivity contribution is -0.129. The Morgan fingerprint density at radius 2 is 1.92 bits per heavy atom. The zero-order valence-electron chi connectivity index (χ0n) is 14.8. The first-order chi connectivity index (χ1) is 12.6. The Hall–Kier alpha value is -3.28. The molecule has 0 amide bonds. The van der Waals surface area contributed by atoms with Crippen molar-refractivity contribution in [3.05, 3.63) is 59.3 Å². The van der Waals surface area contributed by atoms with Crippen LogP contribution in [-0.4, -0.2) is 32.7 Å². The normalized spacial score (nSPS) is 14.8. The fourth-order valence-corrected chi connectivity index (χ4v) is 2.50. The van der Waals surface area contributed by atoms with Crippen LogP contribution in [0.5, 0.6) is 17.2 Å². The van der Waals surface area contributed by atoms with Crippen LogP contribution in [0.4, 0.5) is 0 Å². The van der Waals surface area contributed by atoms with Crippen LogP contribution in [0.1, 0.15) is 18.1 Å². The van der Waals surface area contributed by atoms with Crippen LogP contribution in [0.25, 0.3) is 6.08 Å². The van der Waals surface area contributed by atoms with E-state index in [1.807, 2.05) is 25.1 Å². The van der Waals surface area contributed by atoms with Crippen LogP contribution >= 0.6 is 0 Å². The molecule has 0 aromatic heterocycles. The van der Waals surface area contributed by atoms with Crippen molar-refractivity contribution in [3.63, 3.8) is 0 Å². The molecule has 0 radical (unpaired) electrons. The summed E-state index contributed by atoms with van der Waals surface area (Å²) in [4.78, 5) is 16.5. The third-order valence-corrected chi connectivity index (χ3v) is 3.73. The molecule has 2 aromatic rings. The molecule has 1 heterocycles. The first kappa shape index (κ1) is 17.5. The SMILES string of the molecule is CCOc1cc(/C=C2\N=C(c3cccc(OC)c3)OC2=O)ccc1OC. The van der Waals surface area contributed by atoms with Gasteiger partial charge in [0.15, 0.2) is 17.2 Å². The average molecular weight is 353 g/mol. The number of hydrogen-bond donors (Lipinski definition) is 0. The summed E-state index contributed by atoms with van der Waals surface area (Å²) in [5, 5.41) is 0. The van der Waals surface area contributed by atoms with Crippen molar-refractivity contribution in [2.24, 2.45) is 4.99 Å². The molecule has 1 aliphatic rings. The van der Waals surface area contributed by atoms with E-state index in [0.717, 1.165) is 5.56 Å². The number of aliphatic imine (C=N–C) groups is 1. The van der Waals surface area contributed by atoms with Gasteiger partial charge in [-0.05, 0) is 48.9 Å². The number of esters is 1. The van der Waals surface area contributed by atoms with Crippen molar-refractivity contribution >= 4 is 17.9 Å². The lowest BCUT2D eigenvalue weighted by atomic mass is 10.1. The van der Waals surface area contributed by atoms with E-state index in [9.17, 15) is 4.79 Å². The summed E-state index contributed by atoms with van der Waals surface area (Å²) >= 11 is 0. The highest BCUT2D eigenvalue weighted by atomic mass is 16.6. The lowest BCUT2D eigenvalue weighted by Crippen LogP contribution is -2.05. The smallest absolute Gasteiger partial charge is 0.363 e. The van der Waals surface area contributed by atoms with Gasteiger partial charge in [-0.3, -0.25) is 0 Å². The third kappa shape index (κ3) is 3.69. The van der Waals surface area contributed by atoms with E-state index in [1.54, 1.807) is 44.6 Å². The maximum atomic E-state index is 12.2. The van der Waals surface area contributed by atoms with Crippen molar-refractivity contribution in [3.8, 4) is 17.2 Å². The molecule has 0 unspecified atom stereocenters. The molecule has 0 spiro atoms. The summed E-state index contributed by atoms with van der Waals surface area (Å²) in [6.07, 6.45) is 1.65. The molecule has 0 saturated heterocycles. The first-order valence-corrected chi connectivity index (χ1v) is 8.12. The molecular formula is C20H19NO5. The zero-order valence-corrected chi connectivity index (χ0v) is 14.8. The highest BCUT2D eigenvalue weighted by Gasteiger charge is 2.24. The minimum absolute atomic E-state index is 0.218. The first-order valence-electron chi connectivity index (χ1n) is 8.12. The van der Waals surface area contributed by atoms with E-state index < -0.39 is 5.97 Å². The van der Waals surface area contributed by atoms with Gasteiger partial charge < -0.3 is 18.9 Å². The second kappa shape index (κ2) is 7.74. The summed E-state index contributed by atoms with van der Waals surface area (Å²) in [6.45, 7) is 2.40. The van der Waals surface area contributed by atoms with Gasteiger partial charge in [-0.1, -0.05) is 12.1 Å².